The Labute approximate surface area is 159 Å². The third kappa shape index (κ3) is 4.94. The van der Waals surface area contributed by atoms with Crippen molar-refractivity contribution in [2.75, 3.05) is 12.4 Å². The molecule has 1 heterocycles. The van der Waals surface area contributed by atoms with Crippen LogP contribution in [0.2, 0.25) is 0 Å². The normalized spacial score (nSPS) is 11.3. The number of hydrogen-bond donors (Lipinski definition) is 1. The smallest absolute Gasteiger partial charge is 0.416 e. The van der Waals surface area contributed by atoms with Gasteiger partial charge in [-0.2, -0.15) is 13.2 Å². The van der Waals surface area contributed by atoms with E-state index < -0.39 is 11.7 Å². The number of nitrogens with one attached hydrogen (secondary N) is 1. The van der Waals surface area contributed by atoms with E-state index in [4.69, 9.17) is 9.15 Å². The Balaban J connectivity index is 1.57. The summed E-state index contributed by atoms with van der Waals surface area (Å²) in [5, 5.41) is 2.48. The number of amides is 1. The first-order chi connectivity index (χ1) is 13.3. The molecule has 0 saturated carbocycles. The number of methoxy groups -OCH3 is 1. The molecule has 28 heavy (non-hydrogen) atoms. The van der Waals surface area contributed by atoms with Crippen LogP contribution in [-0.2, 0) is 17.4 Å². The second-order valence-corrected chi connectivity index (χ2v) is 6.12. The lowest BCUT2D eigenvalue weighted by Crippen LogP contribution is -2.13. The maximum atomic E-state index is 12.7. The van der Waals surface area contributed by atoms with Crippen molar-refractivity contribution in [3.63, 3.8) is 0 Å². The van der Waals surface area contributed by atoms with Gasteiger partial charge in [-0.25, -0.2) is 0 Å². The molecule has 0 aliphatic rings. The zero-order valence-corrected chi connectivity index (χ0v) is 15.0. The van der Waals surface area contributed by atoms with Gasteiger partial charge in [0.25, 0.3) is 0 Å². The van der Waals surface area contributed by atoms with Crippen LogP contribution in [0.1, 0.15) is 17.7 Å². The summed E-state index contributed by atoms with van der Waals surface area (Å²) in [4.78, 5) is 12.0. The Morgan fingerprint density at radius 1 is 1.07 bits per heavy atom. The lowest BCUT2D eigenvalue weighted by Gasteiger charge is -2.09. The van der Waals surface area contributed by atoms with Crippen molar-refractivity contribution >= 4 is 11.6 Å². The quantitative estimate of drug-likeness (QED) is 0.602. The van der Waals surface area contributed by atoms with Gasteiger partial charge in [0.05, 0.1) is 12.7 Å². The number of halogens is 3. The summed E-state index contributed by atoms with van der Waals surface area (Å²) < 4.78 is 49.0. The van der Waals surface area contributed by atoms with Crippen molar-refractivity contribution < 1.29 is 27.1 Å². The molecule has 0 bridgehead atoms. The molecule has 0 aliphatic heterocycles. The number of carbonyl (C=O) groups excluding carboxylic acids is 1. The van der Waals surface area contributed by atoms with Crippen molar-refractivity contribution in [3.05, 3.63) is 72.0 Å². The van der Waals surface area contributed by atoms with E-state index in [0.717, 1.165) is 23.4 Å². The average Bonchev–Trinajstić information content (AvgIpc) is 3.15. The monoisotopic (exact) mass is 389 g/mol. The maximum Gasteiger partial charge on any atom is 0.416 e. The largest absolute Gasteiger partial charge is 0.497 e. The minimum Gasteiger partial charge on any atom is -0.497 e. The summed E-state index contributed by atoms with van der Waals surface area (Å²) in [6, 6.07) is 15.5. The number of benzene rings is 2. The Bertz CT molecular complexity index is 946. The van der Waals surface area contributed by atoms with Crippen LogP contribution in [0, 0.1) is 0 Å². The van der Waals surface area contributed by atoms with E-state index in [2.05, 4.69) is 5.32 Å². The van der Waals surface area contributed by atoms with Gasteiger partial charge >= 0.3 is 6.18 Å². The Morgan fingerprint density at radius 3 is 2.50 bits per heavy atom. The van der Waals surface area contributed by atoms with Gasteiger partial charge < -0.3 is 14.5 Å². The van der Waals surface area contributed by atoms with E-state index in [1.807, 2.05) is 30.3 Å². The number of ether oxygens (including phenoxy) is 1. The number of furan rings is 1. The molecule has 1 N–H and O–H groups in total. The van der Waals surface area contributed by atoms with E-state index >= 15 is 0 Å². The summed E-state index contributed by atoms with van der Waals surface area (Å²) in [6.07, 6.45) is -4.03. The second-order valence-electron chi connectivity index (χ2n) is 6.12. The van der Waals surface area contributed by atoms with Gasteiger partial charge in [-0.15, -0.1) is 0 Å². The molecule has 2 aromatic carbocycles. The number of aryl methyl sites for hydroxylation is 1. The van der Waals surface area contributed by atoms with E-state index in [9.17, 15) is 18.0 Å². The number of alkyl halides is 3. The summed E-state index contributed by atoms with van der Waals surface area (Å²) >= 11 is 0. The van der Waals surface area contributed by atoms with Crippen LogP contribution in [0.25, 0.3) is 11.3 Å². The van der Waals surface area contributed by atoms with Gasteiger partial charge in [0.2, 0.25) is 5.91 Å². The van der Waals surface area contributed by atoms with Crippen LogP contribution in [0.4, 0.5) is 18.9 Å². The standard InChI is InChI=1S/C21H18F3NO3/c1-27-17-7-5-14(6-8-17)19-11-9-18(28-19)10-12-20(26)25-16-4-2-3-15(13-16)21(22,23)24/h2-9,11,13H,10,12H2,1H3,(H,25,26). The number of rotatable bonds is 6. The van der Waals surface area contributed by atoms with Crippen LogP contribution < -0.4 is 10.1 Å². The molecule has 0 spiro atoms. The predicted molar refractivity (Wildman–Crippen MR) is 99.1 cm³/mol. The number of anilines is 1. The molecule has 146 valence electrons. The fourth-order valence-corrected chi connectivity index (χ4v) is 2.66. The Hall–Kier alpha value is -3.22. The third-order valence-corrected chi connectivity index (χ3v) is 4.11. The molecular formula is C21H18F3NO3. The van der Waals surface area contributed by atoms with E-state index in [1.165, 1.54) is 12.1 Å². The summed E-state index contributed by atoms with van der Waals surface area (Å²) in [5.74, 6) is 1.63. The zero-order chi connectivity index (χ0) is 20.1. The highest BCUT2D eigenvalue weighted by Gasteiger charge is 2.30. The molecule has 0 fully saturated rings. The van der Waals surface area contributed by atoms with Gasteiger partial charge in [0.1, 0.15) is 17.3 Å². The van der Waals surface area contributed by atoms with Crippen molar-refractivity contribution in [1.29, 1.82) is 0 Å². The first kappa shape index (κ1) is 19.5. The third-order valence-electron chi connectivity index (χ3n) is 4.11. The van der Waals surface area contributed by atoms with E-state index in [1.54, 1.807) is 13.2 Å². The topological polar surface area (TPSA) is 51.5 Å². The molecule has 1 aromatic heterocycles. The second kappa shape index (κ2) is 8.21. The summed E-state index contributed by atoms with van der Waals surface area (Å²) in [6.45, 7) is 0. The lowest BCUT2D eigenvalue weighted by atomic mass is 10.1. The number of carbonyl (C=O) groups is 1. The van der Waals surface area contributed by atoms with E-state index in [-0.39, 0.29) is 18.0 Å². The summed E-state index contributed by atoms with van der Waals surface area (Å²) in [5.41, 5.74) is 0.180. The van der Waals surface area contributed by atoms with Crippen LogP contribution in [0.5, 0.6) is 5.75 Å². The van der Waals surface area contributed by atoms with Crippen molar-refractivity contribution in [2.24, 2.45) is 0 Å². The predicted octanol–water partition coefficient (Wildman–Crippen LogP) is 5.55. The molecule has 4 nitrogen and oxygen atoms in total. The molecule has 0 saturated heterocycles. The van der Waals surface area contributed by atoms with Crippen LogP contribution in [0.3, 0.4) is 0 Å². The molecule has 0 atom stereocenters. The molecule has 3 aromatic rings. The molecule has 1 amide bonds. The fourth-order valence-electron chi connectivity index (χ4n) is 2.66. The minimum atomic E-state index is -4.45. The first-order valence-corrected chi connectivity index (χ1v) is 8.55. The molecule has 7 heteroatoms. The fraction of sp³-hybridized carbons (Fsp3) is 0.190. The minimum absolute atomic E-state index is 0.0891. The lowest BCUT2D eigenvalue weighted by molar-refractivity contribution is -0.137. The van der Waals surface area contributed by atoms with Gasteiger partial charge in [0.15, 0.2) is 0 Å². The van der Waals surface area contributed by atoms with Crippen molar-refractivity contribution in [2.45, 2.75) is 19.0 Å². The van der Waals surface area contributed by atoms with Crippen molar-refractivity contribution in [3.8, 4) is 17.1 Å². The number of hydrogen-bond acceptors (Lipinski definition) is 3. The SMILES string of the molecule is COc1ccc(-c2ccc(CCC(=O)Nc3cccc(C(F)(F)F)c3)o2)cc1. The Kier molecular flexibility index (Phi) is 5.73. The van der Waals surface area contributed by atoms with Gasteiger partial charge in [-0.3, -0.25) is 4.79 Å². The molecule has 0 radical (unpaired) electrons. The van der Waals surface area contributed by atoms with Gasteiger partial charge in [0, 0.05) is 24.1 Å². The maximum absolute atomic E-state index is 12.7. The van der Waals surface area contributed by atoms with Crippen LogP contribution in [-0.4, -0.2) is 13.0 Å². The highest BCUT2D eigenvalue weighted by molar-refractivity contribution is 5.90. The van der Waals surface area contributed by atoms with Crippen LogP contribution >= 0.6 is 0 Å². The molecule has 0 aliphatic carbocycles. The van der Waals surface area contributed by atoms with Crippen LogP contribution in [0.15, 0.2) is 65.1 Å². The average molecular weight is 389 g/mol. The zero-order valence-electron chi connectivity index (χ0n) is 15.0. The highest BCUT2D eigenvalue weighted by atomic mass is 19.4. The molecule has 0 unspecified atom stereocenters. The molecule has 3 rings (SSSR count). The van der Waals surface area contributed by atoms with Gasteiger partial charge in [-0.1, -0.05) is 6.07 Å². The first-order valence-electron chi connectivity index (χ1n) is 8.55. The molecular weight excluding hydrogens is 371 g/mol. The van der Waals surface area contributed by atoms with Crippen molar-refractivity contribution in [1.82, 2.24) is 0 Å². The highest BCUT2D eigenvalue weighted by Crippen LogP contribution is 2.30. The Morgan fingerprint density at radius 2 is 1.82 bits per heavy atom. The summed E-state index contributed by atoms with van der Waals surface area (Å²) in [7, 11) is 1.59. The van der Waals surface area contributed by atoms with E-state index in [0.29, 0.717) is 17.9 Å². The van der Waals surface area contributed by atoms with Gasteiger partial charge in [-0.05, 0) is 54.6 Å².